The highest BCUT2D eigenvalue weighted by Gasteiger charge is 2.26. The number of hydrogen-bond donors (Lipinski definition) is 1. The van der Waals surface area contributed by atoms with E-state index in [1.165, 1.54) is 4.57 Å². The van der Waals surface area contributed by atoms with Crippen molar-refractivity contribution in [3.63, 3.8) is 0 Å². The minimum atomic E-state index is -0.772. The molecule has 1 aliphatic heterocycles. The molecule has 7 nitrogen and oxygen atoms in total. The first-order valence-electron chi connectivity index (χ1n) is 7.80. The summed E-state index contributed by atoms with van der Waals surface area (Å²) < 4.78 is 6.66. The van der Waals surface area contributed by atoms with E-state index in [2.05, 4.69) is 4.98 Å². The molecule has 0 bridgehead atoms. The third kappa shape index (κ3) is 3.10. The summed E-state index contributed by atoms with van der Waals surface area (Å²) in [4.78, 5) is 29.9. The Labute approximate surface area is 139 Å². The molecule has 0 unspecified atom stereocenters. The van der Waals surface area contributed by atoms with E-state index in [-0.39, 0.29) is 11.5 Å². The maximum Gasteiger partial charge on any atom is 0.306 e. The van der Waals surface area contributed by atoms with Gasteiger partial charge in [-0.2, -0.15) is 0 Å². The molecule has 0 amide bonds. The number of carbonyl (C=O) groups is 1. The second-order valence-corrected chi connectivity index (χ2v) is 5.72. The van der Waals surface area contributed by atoms with Crippen molar-refractivity contribution in [3.8, 4) is 11.4 Å². The Balaban J connectivity index is 1.86. The molecular weight excluding hydrogens is 310 g/mol. The van der Waals surface area contributed by atoms with Crippen molar-refractivity contribution in [2.45, 2.75) is 12.8 Å². The summed E-state index contributed by atoms with van der Waals surface area (Å²) in [5, 5.41) is 9.07. The van der Waals surface area contributed by atoms with Crippen LogP contribution in [0.5, 0.6) is 5.75 Å². The lowest BCUT2D eigenvalue weighted by atomic mass is 9.97. The normalized spacial score (nSPS) is 15.3. The maximum atomic E-state index is 12.7. The first kappa shape index (κ1) is 16.0. The van der Waals surface area contributed by atoms with Crippen LogP contribution in [0.15, 0.2) is 41.5 Å². The van der Waals surface area contributed by atoms with Crippen molar-refractivity contribution >= 4 is 11.8 Å². The molecule has 7 heteroatoms. The van der Waals surface area contributed by atoms with Gasteiger partial charge in [-0.1, -0.05) is 0 Å². The molecule has 0 aliphatic carbocycles. The van der Waals surface area contributed by atoms with Gasteiger partial charge in [0.05, 0.1) is 13.0 Å². The molecule has 126 valence electrons. The van der Waals surface area contributed by atoms with E-state index < -0.39 is 5.97 Å². The van der Waals surface area contributed by atoms with Crippen molar-refractivity contribution in [2.75, 3.05) is 25.1 Å². The highest BCUT2D eigenvalue weighted by atomic mass is 16.5. The van der Waals surface area contributed by atoms with E-state index in [1.54, 1.807) is 43.8 Å². The number of carboxylic acid groups (broad SMARTS) is 1. The lowest BCUT2D eigenvalue weighted by Crippen LogP contribution is -2.40. The molecule has 3 rings (SSSR count). The fraction of sp³-hybridized carbons (Fsp3) is 0.353. The topological polar surface area (TPSA) is 84.7 Å². The van der Waals surface area contributed by atoms with Gasteiger partial charge in [0.2, 0.25) is 0 Å². The Morgan fingerprint density at radius 2 is 1.92 bits per heavy atom. The van der Waals surface area contributed by atoms with Crippen LogP contribution < -0.4 is 15.2 Å². The monoisotopic (exact) mass is 329 g/mol. The molecule has 2 aromatic rings. The molecule has 0 spiro atoms. The maximum absolute atomic E-state index is 12.7. The first-order valence-corrected chi connectivity index (χ1v) is 7.80. The highest BCUT2D eigenvalue weighted by Crippen LogP contribution is 2.20. The Morgan fingerprint density at radius 1 is 1.25 bits per heavy atom. The summed E-state index contributed by atoms with van der Waals surface area (Å²) in [6.07, 6.45) is 4.25. The first-order chi connectivity index (χ1) is 11.6. The summed E-state index contributed by atoms with van der Waals surface area (Å²) in [6, 6.07) is 7.20. The van der Waals surface area contributed by atoms with E-state index in [0.717, 1.165) is 11.4 Å². The number of rotatable bonds is 4. The van der Waals surface area contributed by atoms with Gasteiger partial charge in [-0.3, -0.25) is 14.2 Å². The van der Waals surface area contributed by atoms with Gasteiger partial charge in [0.1, 0.15) is 5.75 Å². The van der Waals surface area contributed by atoms with Crippen LogP contribution in [0.3, 0.4) is 0 Å². The summed E-state index contributed by atoms with van der Waals surface area (Å²) in [7, 11) is 1.59. The van der Waals surface area contributed by atoms with Gasteiger partial charge in [0.25, 0.3) is 5.56 Å². The number of methoxy groups -OCH3 is 1. The second-order valence-electron chi connectivity index (χ2n) is 5.72. The molecule has 0 atom stereocenters. The largest absolute Gasteiger partial charge is 0.497 e. The molecule has 1 saturated heterocycles. The lowest BCUT2D eigenvalue weighted by Gasteiger charge is -2.30. The molecule has 0 saturated carbocycles. The van der Waals surface area contributed by atoms with Crippen molar-refractivity contribution in [1.29, 1.82) is 0 Å². The van der Waals surface area contributed by atoms with Gasteiger partial charge < -0.3 is 14.7 Å². The van der Waals surface area contributed by atoms with Gasteiger partial charge in [0, 0.05) is 31.2 Å². The van der Waals surface area contributed by atoms with Gasteiger partial charge in [-0.05, 0) is 37.1 Å². The molecule has 1 fully saturated rings. The molecule has 1 aliphatic rings. The standard InChI is InChI=1S/C17H19N3O4/c1-24-14-4-2-13(3-5-14)20-11-8-18-15(16(20)21)19-9-6-12(7-10-19)17(22)23/h2-5,8,11-12H,6-7,9-10H2,1H3,(H,22,23). The quantitative estimate of drug-likeness (QED) is 0.916. The Hall–Kier alpha value is -2.83. The van der Waals surface area contributed by atoms with E-state index >= 15 is 0 Å². The van der Waals surface area contributed by atoms with Crippen molar-refractivity contribution in [1.82, 2.24) is 9.55 Å². The fourth-order valence-corrected chi connectivity index (χ4v) is 2.90. The number of piperidine rings is 1. The fourth-order valence-electron chi connectivity index (χ4n) is 2.90. The van der Waals surface area contributed by atoms with Crippen LogP contribution in [0.1, 0.15) is 12.8 Å². The number of carboxylic acids is 1. The zero-order valence-corrected chi connectivity index (χ0v) is 13.4. The predicted molar refractivity (Wildman–Crippen MR) is 89.0 cm³/mol. The molecule has 1 aromatic carbocycles. The number of ether oxygens (including phenoxy) is 1. The SMILES string of the molecule is COc1ccc(-n2ccnc(N3CCC(C(=O)O)CC3)c2=O)cc1. The number of aromatic nitrogens is 2. The number of benzene rings is 1. The molecule has 1 aromatic heterocycles. The highest BCUT2D eigenvalue weighted by molar-refractivity contribution is 5.70. The summed E-state index contributed by atoms with van der Waals surface area (Å²) in [6.45, 7) is 1.04. The van der Waals surface area contributed by atoms with Crippen LogP contribution in [-0.4, -0.2) is 40.8 Å². The Bertz CT molecular complexity index is 777. The Morgan fingerprint density at radius 3 is 2.50 bits per heavy atom. The Kier molecular flexibility index (Phi) is 4.50. The molecular formula is C17H19N3O4. The summed E-state index contributed by atoms with van der Waals surface area (Å²) in [5.74, 6) is -0.0333. The molecule has 1 N–H and O–H groups in total. The third-order valence-corrected chi connectivity index (χ3v) is 4.32. The van der Waals surface area contributed by atoms with E-state index in [9.17, 15) is 9.59 Å². The van der Waals surface area contributed by atoms with Gasteiger partial charge in [0.15, 0.2) is 5.82 Å². The van der Waals surface area contributed by atoms with Gasteiger partial charge in [-0.15, -0.1) is 0 Å². The van der Waals surface area contributed by atoms with Crippen LogP contribution in [-0.2, 0) is 4.79 Å². The predicted octanol–water partition coefficient (Wildman–Crippen LogP) is 1.54. The van der Waals surface area contributed by atoms with Crippen molar-refractivity contribution in [2.24, 2.45) is 5.92 Å². The van der Waals surface area contributed by atoms with Crippen LogP contribution in [0.25, 0.3) is 5.69 Å². The minimum absolute atomic E-state index is 0.212. The summed E-state index contributed by atoms with van der Waals surface area (Å²) >= 11 is 0. The van der Waals surface area contributed by atoms with Crippen LogP contribution in [0.2, 0.25) is 0 Å². The smallest absolute Gasteiger partial charge is 0.306 e. The average Bonchev–Trinajstić information content (AvgIpc) is 2.62. The zero-order valence-electron chi connectivity index (χ0n) is 13.4. The molecule has 0 radical (unpaired) electrons. The number of hydrogen-bond acceptors (Lipinski definition) is 5. The van der Waals surface area contributed by atoms with Crippen LogP contribution in [0.4, 0.5) is 5.82 Å². The van der Waals surface area contributed by atoms with Gasteiger partial charge >= 0.3 is 5.97 Å². The zero-order chi connectivity index (χ0) is 17.1. The average molecular weight is 329 g/mol. The van der Waals surface area contributed by atoms with E-state index in [4.69, 9.17) is 9.84 Å². The van der Waals surface area contributed by atoms with Crippen LogP contribution >= 0.6 is 0 Å². The lowest BCUT2D eigenvalue weighted by molar-refractivity contribution is -0.142. The number of anilines is 1. The molecule has 24 heavy (non-hydrogen) atoms. The van der Waals surface area contributed by atoms with Crippen molar-refractivity contribution < 1.29 is 14.6 Å². The van der Waals surface area contributed by atoms with Crippen molar-refractivity contribution in [3.05, 3.63) is 47.0 Å². The minimum Gasteiger partial charge on any atom is -0.497 e. The van der Waals surface area contributed by atoms with Gasteiger partial charge in [-0.25, -0.2) is 4.98 Å². The second kappa shape index (κ2) is 6.74. The molecule has 2 heterocycles. The van der Waals surface area contributed by atoms with E-state index in [1.807, 2.05) is 4.90 Å². The van der Waals surface area contributed by atoms with E-state index in [0.29, 0.717) is 31.7 Å². The van der Waals surface area contributed by atoms with Crippen LogP contribution in [0, 0.1) is 5.92 Å². The third-order valence-electron chi connectivity index (χ3n) is 4.32. The number of aliphatic carboxylic acids is 1. The summed E-state index contributed by atoms with van der Waals surface area (Å²) in [5.41, 5.74) is 0.515. The number of nitrogens with zero attached hydrogens (tertiary/aromatic N) is 3.